The van der Waals surface area contributed by atoms with Gasteiger partial charge in [0.25, 0.3) is 0 Å². The lowest BCUT2D eigenvalue weighted by Gasteiger charge is -2.23. The molecule has 1 aliphatic heterocycles. The summed E-state index contributed by atoms with van der Waals surface area (Å²) in [6.07, 6.45) is 2.62. The van der Waals surface area contributed by atoms with Crippen LogP contribution in [0.3, 0.4) is 0 Å². The Bertz CT molecular complexity index is 357. The third kappa shape index (κ3) is 3.10. The molecule has 1 fully saturated rings. The lowest BCUT2D eigenvalue weighted by molar-refractivity contribution is 0.633. The highest BCUT2D eigenvalue weighted by molar-refractivity contribution is 9.10. The first-order valence-corrected chi connectivity index (χ1v) is 7.24. The molecule has 1 aromatic rings. The van der Waals surface area contributed by atoms with Crippen molar-refractivity contribution < 1.29 is 0 Å². The molecule has 0 bridgehead atoms. The van der Waals surface area contributed by atoms with E-state index in [4.69, 9.17) is 0 Å². The number of hydrogen-bond donors (Lipinski definition) is 1. The van der Waals surface area contributed by atoms with Gasteiger partial charge in [-0.05, 0) is 48.4 Å². The molecule has 2 rings (SSSR count). The molecule has 0 radical (unpaired) electrons. The Morgan fingerprint density at radius 3 is 3.00 bits per heavy atom. The Balaban J connectivity index is 1.98. The van der Waals surface area contributed by atoms with Crippen molar-refractivity contribution in [1.82, 2.24) is 9.97 Å². The minimum Gasteiger partial charge on any atom is -0.369 e. The van der Waals surface area contributed by atoms with E-state index in [9.17, 15) is 0 Å². The van der Waals surface area contributed by atoms with Crippen molar-refractivity contribution in [2.45, 2.75) is 31.4 Å². The number of rotatable bonds is 3. The third-order valence-corrected chi connectivity index (χ3v) is 4.70. The number of thioether (sulfide) groups is 1. The molecule has 1 saturated heterocycles. The Labute approximate surface area is 109 Å². The largest absolute Gasteiger partial charge is 0.369 e. The van der Waals surface area contributed by atoms with Crippen molar-refractivity contribution in [2.24, 2.45) is 0 Å². The van der Waals surface area contributed by atoms with E-state index < -0.39 is 0 Å². The Kier molecular flexibility index (Phi) is 3.74. The molecule has 1 aliphatic rings. The molecule has 2 heterocycles. The van der Waals surface area contributed by atoms with Gasteiger partial charge in [0.15, 0.2) is 0 Å². The molecule has 0 amide bonds. The monoisotopic (exact) mass is 301 g/mol. The highest BCUT2D eigenvalue weighted by Crippen LogP contribution is 2.37. The topological polar surface area (TPSA) is 37.8 Å². The molecular weight excluding hydrogens is 286 g/mol. The smallest absolute Gasteiger partial charge is 0.130 e. The minimum absolute atomic E-state index is 0.366. The Morgan fingerprint density at radius 2 is 2.38 bits per heavy atom. The third-order valence-electron chi connectivity index (χ3n) is 2.75. The predicted molar refractivity (Wildman–Crippen MR) is 73.1 cm³/mol. The fourth-order valence-corrected chi connectivity index (χ4v) is 3.59. The van der Waals surface area contributed by atoms with Crippen LogP contribution in [0.5, 0.6) is 0 Å². The lowest BCUT2D eigenvalue weighted by Crippen LogP contribution is -2.27. The maximum Gasteiger partial charge on any atom is 0.130 e. The molecule has 3 nitrogen and oxygen atoms in total. The van der Waals surface area contributed by atoms with Crippen LogP contribution in [0.2, 0.25) is 0 Å². The number of nitrogens with one attached hydrogen (secondary N) is 1. The maximum absolute atomic E-state index is 4.36. The fourth-order valence-electron chi connectivity index (χ4n) is 1.88. The van der Waals surface area contributed by atoms with Crippen LogP contribution in [0, 0.1) is 6.92 Å². The van der Waals surface area contributed by atoms with Gasteiger partial charge in [-0.3, -0.25) is 0 Å². The number of aromatic nitrogens is 2. The van der Waals surface area contributed by atoms with Gasteiger partial charge in [0.1, 0.15) is 16.2 Å². The van der Waals surface area contributed by atoms with Gasteiger partial charge in [0, 0.05) is 17.4 Å². The second kappa shape index (κ2) is 4.92. The van der Waals surface area contributed by atoms with Crippen LogP contribution in [-0.2, 0) is 0 Å². The molecule has 0 spiro atoms. The van der Waals surface area contributed by atoms with E-state index in [-0.39, 0.29) is 0 Å². The molecule has 0 aromatic carbocycles. The Hall–Kier alpha value is -0.290. The maximum atomic E-state index is 4.36. The van der Waals surface area contributed by atoms with Crippen LogP contribution in [-0.4, -0.2) is 27.0 Å². The van der Waals surface area contributed by atoms with Crippen LogP contribution in [0.4, 0.5) is 5.82 Å². The van der Waals surface area contributed by atoms with E-state index in [2.05, 4.69) is 49.9 Å². The average Bonchev–Trinajstić information content (AvgIpc) is 2.62. The van der Waals surface area contributed by atoms with E-state index in [1.165, 1.54) is 18.6 Å². The first kappa shape index (κ1) is 12.2. The van der Waals surface area contributed by atoms with Crippen LogP contribution < -0.4 is 5.32 Å². The first-order chi connectivity index (χ1) is 7.57. The van der Waals surface area contributed by atoms with E-state index in [0.717, 1.165) is 22.8 Å². The van der Waals surface area contributed by atoms with Crippen molar-refractivity contribution in [2.75, 3.05) is 17.6 Å². The fraction of sp³-hybridized carbons (Fsp3) is 0.636. The van der Waals surface area contributed by atoms with Gasteiger partial charge in [-0.15, -0.1) is 0 Å². The van der Waals surface area contributed by atoms with E-state index in [1.807, 2.05) is 13.0 Å². The van der Waals surface area contributed by atoms with E-state index in [0.29, 0.717) is 4.75 Å². The molecule has 0 saturated carbocycles. The second-order valence-corrected chi connectivity index (χ2v) is 6.87. The van der Waals surface area contributed by atoms with Crippen LogP contribution in [0.15, 0.2) is 10.7 Å². The van der Waals surface area contributed by atoms with E-state index >= 15 is 0 Å². The van der Waals surface area contributed by atoms with Crippen molar-refractivity contribution in [1.29, 1.82) is 0 Å². The summed E-state index contributed by atoms with van der Waals surface area (Å²) in [4.78, 5) is 8.56. The number of aryl methyl sites for hydroxylation is 1. The molecule has 16 heavy (non-hydrogen) atoms. The first-order valence-electron chi connectivity index (χ1n) is 5.46. The van der Waals surface area contributed by atoms with Crippen molar-refractivity contribution >= 4 is 33.5 Å². The van der Waals surface area contributed by atoms with Gasteiger partial charge < -0.3 is 5.32 Å². The summed E-state index contributed by atoms with van der Waals surface area (Å²) < 4.78 is 1.21. The lowest BCUT2D eigenvalue weighted by atomic mass is 10.1. The van der Waals surface area contributed by atoms with Crippen LogP contribution >= 0.6 is 27.7 Å². The zero-order valence-electron chi connectivity index (χ0n) is 9.59. The summed E-state index contributed by atoms with van der Waals surface area (Å²) in [7, 11) is 0. The van der Waals surface area contributed by atoms with Crippen LogP contribution in [0.25, 0.3) is 0 Å². The van der Waals surface area contributed by atoms with Gasteiger partial charge in [-0.1, -0.05) is 0 Å². The SMILES string of the molecule is Cc1nc(Br)cc(NCC2(C)CCCS2)n1. The molecule has 1 N–H and O–H groups in total. The van der Waals surface area contributed by atoms with Crippen molar-refractivity contribution in [3.8, 4) is 0 Å². The zero-order chi connectivity index (χ0) is 11.6. The van der Waals surface area contributed by atoms with Gasteiger partial charge in [0.05, 0.1) is 0 Å². The molecule has 1 aromatic heterocycles. The number of nitrogens with zero attached hydrogens (tertiary/aromatic N) is 2. The average molecular weight is 302 g/mol. The summed E-state index contributed by atoms with van der Waals surface area (Å²) in [5, 5.41) is 3.41. The summed E-state index contributed by atoms with van der Waals surface area (Å²) in [5.41, 5.74) is 0. The Morgan fingerprint density at radius 1 is 1.56 bits per heavy atom. The number of halogens is 1. The number of hydrogen-bond acceptors (Lipinski definition) is 4. The minimum atomic E-state index is 0.366. The molecule has 1 unspecified atom stereocenters. The van der Waals surface area contributed by atoms with Gasteiger partial charge >= 0.3 is 0 Å². The van der Waals surface area contributed by atoms with Crippen LogP contribution in [0.1, 0.15) is 25.6 Å². The standard InChI is InChI=1S/C11H16BrN3S/c1-8-14-9(12)6-10(15-8)13-7-11(2)4-3-5-16-11/h6H,3-5,7H2,1-2H3,(H,13,14,15). The summed E-state index contributed by atoms with van der Waals surface area (Å²) >= 11 is 5.44. The van der Waals surface area contributed by atoms with Gasteiger partial charge in [-0.25, -0.2) is 9.97 Å². The highest BCUT2D eigenvalue weighted by atomic mass is 79.9. The molecule has 1 atom stereocenters. The molecular formula is C11H16BrN3S. The van der Waals surface area contributed by atoms with Gasteiger partial charge in [0.2, 0.25) is 0 Å². The van der Waals surface area contributed by atoms with Crippen molar-refractivity contribution in [3.63, 3.8) is 0 Å². The van der Waals surface area contributed by atoms with E-state index in [1.54, 1.807) is 0 Å². The summed E-state index contributed by atoms with van der Waals surface area (Å²) in [5.74, 6) is 2.99. The highest BCUT2D eigenvalue weighted by Gasteiger charge is 2.29. The van der Waals surface area contributed by atoms with Crippen molar-refractivity contribution in [3.05, 3.63) is 16.5 Å². The second-order valence-electron chi connectivity index (χ2n) is 4.38. The molecule has 88 valence electrons. The predicted octanol–water partition coefficient (Wildman–Crippen LogP) is 3.25. The molecule has 0 aliphatic carbocycles. The summed E-state index contributed by atoms with van der Waals surface area (Å²) in [6, 6.07) is 1.93. The van der Waals surface area contributed by atoms with Gasteiger partial charge in [-0.2, -0.15) is 11.8 Å². The zero-order valence-corrected chi connectivity index (χ0v) is 12.0. The quantitative estimate of drug-likeness (QED) is 0.870. The normalized spacial score (nSPS) is 24.7. The summed E-state index contributed by atoms with van der Waals surface area (Å²) in [6.45, 7) is 5.20. The number of anilines is 1. The molecule has 5 heteroatoms.